The summed E-state index contributed by atoms with van der Waals surface area (Å²) in [6.45, 7) is 1.09. The molecule has 2 aromatic heterocycles. The van der Waals surface area contributed by atoms with Crippen LogP contribution in [-0.2, 0) is 12.7 Å². The first kappa shape index (κ1) is 15.0. The summed E-state index contributed by atoms with van der Waals surface area (Å²) in [5.74, 6) is 4.84. The molecule has 0 aromatic carbocycles. The van der Waals surface area contributed by atoms with E-state index < -0.39 is 11.9 Å². The SMILES string of the molecule is NNc1nc(NCCCn2cccn2)cc(C(F)(F)F)n1. The number of hydrogen-bond acceptors (Lipinski definition) is 6. The second-order valence-corrected chi connectivity index (χ2v) is 4.15. The lowest BCUT2D eigenvalue weighted by molar-refractivity contribution is -0.141. The van der Waals surface area contributed by atoms with Gasteiger partial charge in [0, 0.05) is 31.5 Å². The highest BCUT2D eigenvalue weighted by Gasteiger charge is 2.33. The Labute approximate surface area is 118 Å². The smallest absolute Gasteiger partial charge is 0.370 e. The fraction of sp³-hybridized carbons (Fsp3) is 0.364. The molecular formula is C11H14F3N7. The third-order valence-corrected chi connectivity index (χ3v) is 2.57. The first-order chi connectivity index (χ1) is 9.99. The number of hydrogen-bond donors (Lipinski definition) is 3. The largest absolute Gasteiger partial charge is 0.433 e. The third-order valence-electron chi connectivity index (χ3n) is 2.57. The van der Waals surface area contributed by atoms with E-state index in [4.69, 9.17) is 5.84 Å². The Bertz CT molecular complexity index is 568. The van der Waals surface area contributed by atoms with E-state index in [1.807, 2.05) is 11.6 Å². The van der Waals surface area contributed by atoms with E-state index in [1.54, 1.807) is 16.9 Å². The maximum absolute atomic E-state index is 12.7. The van der Waals surface area contributed by atoms with Crippen LogP contribution in [0.25, 0.3) is 0 Å². The molecule has 0 spiro atoms. The van der Waals surface area contributed by atoms with Crippen LogP contribution in [-0.4, -0.2) is 26.3 Å². The number of nitrogens with two attached hydrogens (primary N) is 1. The van der Waals surface area contributed by atoms with E-state index in [2.05, 4.69) is 20.4 Å². The van der Waals surface area contributed by atoms with Gasteiger partial charge in [0.15, 0.2) is 5.69 Å². The minimum atomic E-state index is -4.56. The minimum absolute atomic E-state index is 0.0609. The van der Waals surface area contributed by atoms with Gasteiger partial charge in [0.1, 0.15) is 5.82 Å². The van der Waals surface area contributed by atoms with Crippen molar-refractivity contribution < 1.29 is 13.2 Å². The Kier molecular flexibility index (Phi) is 4.58. The number of nitrogens with zero attached hydrogens (tertiary/aromatic N) is 4. The highest BCUT2D eigenvalue weighted by atomic mass is 19.4. The summed E-state index contributed by atoms with van der Waals surface area (Å²) in [6, 6.07) is 2.64. The van der Waals surface area contributed by atoms with Crippen LogP contribution in [0.2, 0.25) is 0 Å². The summed E-state index contributed by atoms with van der Waals surface area (Å²) >= 11 is 0. The van der Waals surface area contributed by atoms with Crippen LogP contribution in [0.15, 0.2) is 24.5 Å². The van der Waals surface area contributed by atoms with E-state index in [-0.39, 0.29) is 11.8 Å². The predicted molar refractivity (Wildman–Crippen MR) is 70.2 cm³/mol. The molecule has 0 aliphatic heterocycles. The minimum Gasteiger partial charge on any atom is -0.370 e. The molecule has 0 radical (unpaired) electrons. The monoisotopic (exact) mass is 301 g/mol. The third kappa shape index (κ3) is 4.31. The van der Waals surface area contributed by atoms with Gasteiger partial charge in [0.2, 0.25) is 5.95 Å². The van der Waals surface area contributed by atoms with Gasteiger partial charge in [-0.2, -0.15) is 23.3 Å². The normalized spacial score (nSPS) is 11.4. The average Bonchev–Trinajstić information content (AvgIpc) is 2.95. The van der Waals surface area contributed by atoms with Gasteiger partial charge in [-0.25, -0.2) is 10.8 Å². The zero-order valence-electron chi connectivity index (χ0n) is 10.9. The molecule has 2 heterocycles. The highest BCUT2D eigenvalue weighted by molar-refractivity contribution is 5.42. The lowest BCUT2D eigenvalue weighted by atomic mass is 10.3. The van der Waals surface area contributed by atoms with Crippen molar-refractivity contribution in [2.45, 2.75) is 19.1 Å². The summed E-state index contributed by atoms with van der Waals surface area (Å²) in [6.07, 6.45) is -0.409. The van der Waals surface area contributed by atoms with E-state index in [0.29, 0.717) is 19.5 Å². The molecule has 2 aromatic rings. The van der Waals surface area contributed by atoms with E-state index in [9.17, 15) is 13.2 Å². The summed E-state index contributed by atoms with van der Waals surface area (Å²) < 4.78 is 39.7. The van der Waals surface area contributed by atoms with Crippen LogP contribution in [0.4, 0.5) is 24.9 Å². The molecule has 7 nitrogen and oxygen atoms in total. The topological polar surface area (TPSA) is 93.7 Å². The maximum atomic E-state index is 12.7. The molecule has 0 fully saturated rings. The first-order valence-electron chi connectivity index (χ1n) is 6.13. The molecule has 0 saturated carbocycles. The standard InChI is InChI=1S/C11H14F3N7/c12-11(13,14)8-7-9(19-10(18-8)20-15)16-3-1-5-21-6-2-4-17-21/h2,4,6-7H,1,3,5,15H2,(H2,16,18,19,20). The molecule has 0 bridgehead atoms. The van der Waals surface area contributed by atoms with E-state index in [1.165, 1.54) is 0 Å². The molecule has 0 saturated heterocycles. The highest BCUT2D eigenvalue weighted by Crippen LogP contribution is 2.29. The second kappa shape index (κ2) is 6.39. The molecule has 2 rings (SSSR count). The summed E-state index contributed by atoms with van der Waals surface area (Å²) in [5.41, 5.74) is 0.961. The lowest BCUT2D eigenvalue weighted by Crippen LogP contribution is -2.17. The number of alkyl halides is 3. The molecular weight excluding hydrogens is 287 g/mol. The number of rotatable bonds is 6. The number of nitrogens with one attached hydrogen (secondary N) is 2. The Morgan fingerprint density at radius 2 is 2.10 bits per heavy atom. The van der Waals surface area contributed by atoms with Crippen molar-refractivity contribution in [3.05, 3.63) is 30.2 Å². The van der Waals surface area contributed by atoms with Crippen LogP contribution in [0, 0.1) is 0 Å². The molecule has 0 aliphatic rings. The average molecular weight is 301 g/mol. The van der Waals surface area contributed by atoms with Gasteiger partial charge in [-0.05, 0) is 12.5 Å². The predicted octanol–water partition coefficient (Wildman–Crippen LogP) is 1.48. The quantitative estimate of drug-likeness (QED) is 0.425. The molecule has 10 heteroatoms. The Morgan fingerprint density at radius 1 is 1.29 bits per heavy atom. The van der Waals surface area contributed by atoms with Gasteiger partial charge in [-0.3, -0.25) is 10.1 Å². The van der Waals surface area contributed by atoms with Crippen LogP contribution >= 0.6 is 0 Å². The summed E-state index contributed by atoms with van der Waals surface area (Å²) in [4.78, 5) is 7.08. The van der Waals surface area contributed by atoms with Gasteiger partial charge in [-0.15, -0.1) is 0 Å². The van der Waals surface area contributed by atoms with Gasteiger partial charge in [0.05, 0.1) is 0 Å². The maximum Gasteiger partial charge on any atom is 0.433 e. The molecule has 0 unspecified atom stereocenters. The molecule has 4 N–H and O–H groups in total. The van der Waals surface area contributed by atoms with Gasteiger partial charge in [-0.1, -0.05) is 0 Å². The van der Waals surface area contributed by atoms with Crippen LogP contribution < -0.4 is 16.6 Å². The van der Waals surface area contributed by atoms with Gasteiger partial charge in [0.25, 0.3) is 0 Å². The van der Waals surface area contributed by atoms with E-state index in [0.717, 1.165) is 6.07 Å². The molecule has 21 heavy (non-hydrogen) atoms. The van der Waals surface area contributed by atoms with Crippen molar-refractivity contribution in [2.24, 2.45) is 5.84 Å². The van der Waals surface area contributed by atoms with Gasteiger partial charge >= 0.3 is 6.18 Å². The molecule has 0 aliphatic carbocycles. The van der Waals surface area contributed by atoms with Crippen LogP contribution in [0.3, 0.4) is 0 Å². The van der Waals surface area contributed by atoms with E-state index >= 15 is 0 Å². The van der Waals surface area contributed by atoms with Crippen molar-refractivity contribution in [2.75, 3.05) is 17.3 Å². The number of aryl methyl sites for hydroxylation is 1. The van der Waals surface area contributed by atoms with Crippen LogP contribution in [0.5, 0.6) is 0 Å². The number of hydrazine groups is 1. The zero-order valence-corrected chi connectivity index (χ0v) is 10.9. The molecule has 0 amide bonds. The van der Waals surface area contributed by atoms with Crippen molar-refractivity contribution in [1.29, 1.82) is 0 Å². The van der Waals surface area contributed by atoms with Crippen molar-refractivity contribution in [3.8, 4) is 0 Å². The number of nitrogen functional groups attached to an aromatic ring is 1. The Balaban J connectivity index is 1.95. The number of halogens is 3. The summed E-state index contributed by atoms with van der Waals surface area (Å²) in [5, 5.41) is 6.83. The second-order valence-electron chi connectivity index (χ2n) is 4.15. The molecule has 0 atom stereocenters. The lowest BCUT2D eigenvalue weighted by Gasteiger charge is -2.11. The number of anilines is 2. The zero-order chi connectivity index (χ0) is 15.3. The van der Waals surface area contributed by atoms with Crippen molar-refractivity contribution in [1.82, 2.24) is 19.7 Å². The first-order valence-corrected chi connectivity index (χ1v) is 6.13. The Morgan fingerprint density at radius 3 is 2.71 bits per heavy atom. The summed E-state index contributed by atoms with van der Waals surface area (Å²) in [7, 11) is 0. The molecule has 114 valence electrons. The van der Waals surface area contributed by atoms with Crippen molar-refractivity contribution in [3.63, 3.8) is 0 Å². The van der Waals surface area contributed by atoms with Gasteiger partial charge < -0.3 is 5.32 Å². The van der Waals surface area contributed by atoms with Crippen LogP contribution in [0.1, 0.15) is 12.1 Å². The fourth-order valence-electron chi connectivity index (χ4n) is 1.64. The fourth-order valence-corrected chi connectivity index (χ4v) is 1.64. The number of aromatic nitrogens is 4. The Hall–Kier alpha value is -2.36. The van der Waals surface area contributed by atoms with Crippen molar-refractivity contribution >= 4 is 11.8 Å².